The molecule has 2 aliphatic rings. The van der Waals surface area contributed by atoms with E-state index < -0.39 is 5.54 Å². The Hall–Kier alpha value is -3.68. The first kappa shape index (κ1) is 22.1. The van der Waals surface area contributed by atoms with E-state index in [-0.39, 0.29) is 29.5 Å². The van der Waals surface area contributed by atoms with Crippen molar-refractivity contribution in [2.75, 3.05) is 23.8 Å². The van der Waals surface area contributed by atoms with Crippen LogP contribution in [0, 0.1) is 17.2 Å². The van der Waals surface area contributed by atoms with Crippen molar-refractivity contribution in [3.8, 4) is 6.07 Å². The summed E-state index contributed by atoms with van der Waals surface area (Å²) in [4.78, 5) is 28.2. The summed E-state index contributed by atoms with van der Waals surface area (Å²) in [6, 6.07) is 9.57. The van der Waals surface area contributed by atoms with Gasteiger partial charge in [-0.1, -0.05) is 6.07 Å². The van der Waals surface area contributed by atoms with Gasteiger partial charge in [0.05, 0.1) is 30.2 Å². The molecule has 3 atom stereocenters. The maximum Gasteiger partial charge on any atom is 0.261 e. The molecule has 1 saturated heterocycles. The van der Waals surface area contributed by atoms with Crippen molar-refractivity contribution in [2.45, 2.75) is 44.8 Å². The molecule has 0 spiro atoms. The van der Waals surface area contributed by atoms with E-state index in [4.69, 9.17) is 9.84 Å². The van der Waals surface area contributed by atoms with Gasteiger partial charge >= 0.3 is 0 Å². The van der Waals surface area contributed by atoms with E-state index >= 15 is 0 Å². The third-order valence-electron chi connectivity index (χ3n) is 6.54. The third-order valence-corrected chi connectivity index (χ3v) is 6.54. The zero-order valence-electron chi connectivity index (χ0n) is 19.3. The van der Waals surface area contributed by atoms with Gasteiger partial charge in [0.25, 0.3) is 5.56 Å². The molecule has 0 saturated carbocycles. The van der Waals surface area contributed by atoms with Gasteiger partial charge in [-0.25, -0.2) is 0 Å². The molecule has 3 aromatic rings. The summed E-state index contributed by atoms with van der Waals surface area (Å²) in [5.74, 6) is 0.0103. The molecule has 1 aromatic carbocycles. The number of carbonyl (C=O) groups is 1. The van der Waals surface area contributed by atoms with E-state index in [9.17, 15) is 14.9 Å². The summed E-state index contributed by atoms with van der Waals surface area (Å²) in [6.07, 6.45) is 2.19. The second kappa shape index (κ2) is 8.27. The summed E-state index contributed by atoms with van der Waals surface area (Å²) in [6.45, 7) is 6.76. The van der Waals surface area contributed by atoms with Gasteiger partial charge in [-0.3, -0.25) is 19.6 Å². The monoisotopic (exact) mass is 461 g/mol. The number of hydrogen-bond donors (Lipinski definition) is 4. The van der Waals surface area contributed by atoms with Gasteiger partial charge in [0.1, 0.15) is 10.9 Å². The first-order valence-corrected chi connectivity index (χ1v) is 11.4. The standard InChI is InChI=1S/C24H27N7O3/c1-13(2)29-24(3)16-5-4-15(10-17(16)28-23(24)33)27-21-20-18(6-8-26-22(20)32)31(30-21)19-12-34-9-7-14(19)11-25/h4-6,8,10,13-14,19,29H,7,9,12H2,1-3H3,(H,26,32)(H,27,30)(H,28,33). The summed E-state index contributed by atoms with van der Waals surface area (Å²) >= 11 is 0. The molecule has 5 rings (SSSR count). The highest BCUT2D eigenvalue weighted by Crippen LogP contribution is 2.39. The van der Waals surface area contributed by atoms with Crippen LogP contribution in [-0.2, 0) is 15.1 Å². The summed E-state index contributed by atoms with van der Waals surface area (Å²) < 4.78 is 7.34. The minimum absolute atomic E-state index is 0.112. The topological polar surface area (TPSA) is 137 Å². The lowest BCUT2D eigenvalue weighted by Gasteiger charge is -2.27. The van der Waals surface area contributed by atoms with Crippen molar-refractivity contribution in [2.24, 2.45) is 5.92 Å². The first-order valence-electron chi connectivity index (χ1n) is 11.4. The Kier molecular flexibility index (Phi) is 5.38. The lowest BCUT2D eigenvalue weighted by atomic mass is 9.92. The SMILES string of the molecule is CC(C)NC1(C)C(=O)Nc2cc(Nc3nn(C4COCCC4C#N)c4cc[nH]c(=O)c34)ccc21. The summed E-state index contributed by atoms with van der Waals surface area (Å²) in [5, 5.41) is 24.3. The molecule has 1 fully saturated rings. The average molecular weight is 462 g/mol. The second-order valence-corrected chi connectivity index (χ2v) is 9.29. The fourth-order valence-electron chi connectivity index (χ4n) is 4.94. The number of nitrogens with one attached hydrogen (secondary N) is 4. The molecular weight excluding hydrogens is 434 g/mol. The largest absolute Gasteiger partial charge is 0.379 e. The molecule has 2 aromatic heterocycles. The third kappa shape index (κ3) is 3.54. The van der Waals surface area contributed by atoms with Crippen LogP contribution in [0.5, 0.6) is 0 Å². The smallest absolute Gasteiger partial charge is 0.261 e. The number of anilines is 3. The number of aromatic amines is 1. The van der Waals surface area contributed by atoms with Gasteiger partial charge < -0.3 is 20.4 Å². The normalized spacial score (nSPS) is 24.1. The number of aromatic nitrogens is 3. The van der Waals surface area contributed by atoms with Crippen molar-refractivity contribution >= 4 is 34.0 Å². The van der Waals surface area contributed by atoms with Crippen molar-refractivity contribution in [1.82, 2.24) is 20.1 Å². The van der Waals surface area contributed by atoms with Crippen molar-refractivity contribution in [3.63, 3.8) is 0 Å². The lowest BCUT2D eigenvalue weighted by Crippen LogP contribution is -2.48. The van der Waals surface area contributed by atoms with Crippen molar-refractivity contribution < 1.29 is 9.53 Å². The number of nitrogens with zero attached hydrogens (tertiary/aromatic N) is 3. The first-order chi connectivity index (χ1) is 16.3. The van der Waals surface area contributed by atoms with Crippen LogP contribution in [0.25, 0.3) is 10.9 Å². The van der Waals surface area contributed by atoms with Crippen LogP contribution in [0.15, 0.2) is 35.3 Å². The van der Waals surface area contributed by atoms with Gasteiger partial charge in [0.2, 0.25) is 5.91 Å². The molecule has 34 heavy (non-hydrogen) atoms. The molecule has 10 heteroatoms. The predicted molar refractivity (Wildman–Crippen MR) is 128 cm³/mol. The highest BCUT2D eigenvalue weighted by Gasteiger charge is 2.43. The van der Waals surface area contributed by atoms with Gasteiger partial charge in [0, 0.05) is 35.8 Å². The fraction of sp³-hybridized carbons (Fsp3) is 0.417. The molecule has 3 unspecified atom stereocenters. The maximum absolute atomic E-state index is 12.7. The molecule has 0 bridgehead atoms. The van der Waals surface area contributed by atoms with Crippen LogP contribution in [0.3, 0.4) is 0 Å². The number of hydrogen-bond acceptors (Lipinski definition) is 7. The Morgan fingerprint density at radius 2 is 2.15 bits per heavy atom. The average Bonchev–Trinajstić information content (AvgIpc) is 3.28. The van der Waals surface area contributed by atoms with Crippen LogP contribution in [-0.4, -0.2) is 39.9 Å². The Morgan fingerprint density at radius 3 is 2.91 bits per heavy atom. The van der Waals surface area contributed by atoms with Crippen LogP contribution in [0.2, 0.25) is 0 Å². The Labute approximate surface area is 196 Å². The minimum atomic E-state index is -0.819. The lowest BCUT2D eigenvalue weighted by molar-refractivity contribution is -0.121. The quantitative estimate of drug-likeness (QED) is 0.458. The highest BCUT2D eigenvalue weighted by atomic mass is 16.5. The second-order valence-electron chi connectivity index (χ2n) is 9.29. The Bertz CT molecular complexity index is 1370. The summed E-state index contributed by atoms with van der Waals surface area (Å²) in [5.41, 5.74) is 1.78. The molecule has 4 heterocycles. The van der Waals surface area contributed by atoms with E-state index in [1.54, 1.807) is 16.9 Å². The van der Waals surface area contributed by atoms with Crippen LogP contribution in [0.4, 0.5) is 17.2 Å². The molecule has 0 radical (unpaired) electrons. The number of ether oxygens (including phenoxy) is 1. The summed E-state index contributed by atoms with van der Waals surface area (Å²) in [7, 11) is 0. The Balaban J connectivity index is 1.53. The molecule has 176 valence electrons. The van der Waals surface area contributed by atoms with Crippen LogP contribution in [0.1, 0.15) is 38.8 Å². The highest BCUT2D eigenvalue weighted by molar-refractivity contribution is 6.06. The van der Waals surface area contributed by atoms with Crippen molar-refractivity contribution in [3.05, 3.63) is 46.4 Å². The van der Waals surface area contributed by atoms with Gasteiger partial charge in [0.15, 0.2) is 5.82 Å². The molecule has 2 aliphatic heterocycles. The van der Waals surface area contributed by atoms with Gasteiger partial charge in [-0.2, -0.15) is 10.4 Å². The molecular formula is C24H27N7O3. The Morgan fingerprint density at radius 1 is 1.32 bits per heavy atom. The number of nitriles is 1. The van der Waals surface area contributed by atoms with E-state index in [2.05, 4.69) is 27.0 Å². The maximum atomic E-state index is 12.7. The van der Waals surface area contributed by atoms with Crippen molar-refractivity contribution in [1.29, 1.82) is 5.26 Å². The van der Waals surface area contributed by atoms with E-state index in [0.29, 0.717) is 47.7 Å². The number of H-pyrrole nitrogens is 1. The fourth-order valence-corrected chi connectivity index (χ4v) is 4.94. The van der Waals surface area contributed by atoms with E-state index in [1.807, 2.05) is 39.0 Å². The van der Waals surface area contributed by atoms with Crippen LogP contribution < -0.4 is 21.5 Å². The zero-order chi connectivity index (χ0) is 24.0. The van der Waals surface area contributed by atoms with Gasteiger partial charge in [-0.05, 0) is 45.4 Å². The number of benzene rings is 1. The van der Waals surface area contributed by atoms with Crippen LogP contribution >= 0.6 is 0 Å². The number of pyridine rings is 1. The number of carbonyl (C=O) groups excluding carboxylic acids is 1. The molecule has 4 N–H and O–H groups in total. The number of fused-ring (bicyclic) bond motifs is 2. The molecule has 1 amide bonds. The number of amides is 1. The minimum Gasteiger partial charge on any atom is -0.379 e. The van der Waals surface area contributed by atoms with E-state index in [0.717, 1.165) is 5.56 Å². The van der Waals surface area contributed by atoms with E-state index in [1.165, 1.54) is 0 Å². The predicted octanol–water partition coefficient (Wildman–Crippen LogP) is 2.73. The number of rotatable bonds is 5. The molecule has 0 aliphatic carbocycles. The zero-order valence-corrected chi connectivity index (χ0v) is 19.3. The van der Waals surface area contributed by atoms with Gasteiger partial charge in [-0.15, -0.1) is 0 Å². The molecule has 10 nitrogen and oxygen atoms in total.